The molecule has 1 aliphatic rings. The largest absolute Gasteiger partial charge is 0.344 e. The first-order valence-corrected chi connectivity index (χ1v) is 11.0. The standard InChI is InChI=1S/C22H21Cl2FN6/c1-12(19-16(23)2-3-17(25)20(19)24)15-9-27-22-21(15)30-18(10-28-22)13-8-29-31(11-13)14-4-6-26-7-5-14/h2-3,8-12,14,26H,4-7H2,1H3,(H,27,28). The molecule has 9 heteroatoms. The molecular formula is C22H21Cl2FN6. The van der Waals surface area contributed by atoms with E-state index in [0.29, 0.717) is 27.8 Å². The lowest BCUT2D eigenvalue weighted by Crippen LogP contribution is -2.29. The summed E-state index contributed by atoms with van der Waals surface area (Å²) in [6.45, 7) is 3.93. The summed E-state index contributed by atoms with van der Waals surface area (Å²) in [5, 5.41) is 8.38. The van der Waals surface area contributed by atoms with E-state index in [9.17, 15) is 4.39 Å². The monoisotopic (exact) mass is 458 g/mol. The quantitative estimate of drug-likeness (QED) is 0.404. The molecular weight excluding hydrogens is 438 g/mol. The molecule has 0 amide bonds. The number of fused-ring (bicyclic) bond motifs is 1. The van der Waals surface area contributed by atoms with Crippen molar-refractivity contribution < 1.29 is 4.39 Å². The first kappa shape index (κ1) is 20.4. The smallest absolute Gasteiger partial charge is 0.156 e. The van der Waals surface area contributed by atoms with Crippen LogP contribution in [0.1, 0.15) is 42.9 Å². The van der Waals surface area contributed by atoms with Gasteiger partial charge in [-0.3, -0.25) is 4.68 Å². The number of H-pyrrole nitrogens is 1. The number of piperidine rings is 1. The van der Waals surface area contributed by atoms with Crippen LogP contribution in [0.25, 0.3) is 22.4 Å². The van der Waals surface area contributed by atoms with Crippen molar-refractivity contribution in [3.8, 4) is 11.3 Å². The van der Waals surface area contributed by atoms with Crippen molar-refractivity contribution in [3.05, 3.63) is 63.9 Å². The molecule has 160 valence electrons. The Bertz CT molecular complexity index is 1240. The number of benzene rings is 1. The summed E-state index contributed by atoms with van der Waals surface area (Å²) in [5.74, 6) is -0.767. The van der Waals surface area contributed by atoms with Crippen LogP contribution in [0.4, 0.5) is 4.39 Å². The predicted octanol–water partition coefficient (Wildman–Crippen LogP) is 5.34. The Kier molecular flexibility index (Phi) is 5.42. The van der Waals surface area contributed by atoms with E-state index in [1.807, 2.05) is 30.2 Å². The Morgan fingerprint density at radius 1 is 1.19 bits per heavy atom. The zero-order valence-electron chi connectivity index (χ0n) is 16.9. The first-order valence-electron chi connectivity index (χ1n) is 10.3. The lowest BCUT2D eigenvalue weighted by molar-refractivity contribution is 0.343. The van der Waals surface area contributed by atoms with Crippen LogP contribution in [0.15, 0.2) is 36.9 Å². The van der Waals surface area contributed by atoms with E-state index in [-0.39, 0.29) is 10.9 Å². The van der Waals surface area contributed by atoms with E-state index < -0.39 is 5.82 Å². The van der Waals surface area contributed by atoms with Gasteiger partial charge in [0.15, 0.2) is 5.65 Å². The summed E-state index contributed by atoms with van der Waals surface area (Å²) in [6, 6.07) is 3.19. The van der Waals surface area contributed by atoms with Gasteiger partial charge in [0.05, 0.1) is 29.2 Å². The van der Waals surface area contributed by atoms with E-state index in [2.05, 4.69) is 20.4 Å². The molecule has 1 fully saturated rings. The van der Waals surface area contributed by atoms with E-state index in [1.165, 1.54) is 12.1 Å². The van der Waals surface area contributed by atoms with Gasteiger partial charge in [0.2, 0.25) is 0 Å². The lowest BCUT2D eigenvalue weighted by atomic mass is 9.94. The fraction of sp³-hybridized carbons (Fsp3) is 0.318. The van der Waals surface area contributed by atoms with Crippen molar-refractivity contribution in [1.82, 2.24) is 30.0 Å². The number of hydrogen-bond donors (Lipinski definition) is 2. The first-order chi connectivity index (χ1) is 15.0. The molecule has 1 atom stereocenters. The summed E-state index contributed by atoms with van der Waals surface area (Å²) in [5.41, 5.74) is 4.39. The molecule has 1 saturated heterocycles. The van der Waals surface area contributed by atoms with Crippen LogP contribution in [0.3, 0.4) is 0 Å². The van der Waals surface area contributed by atoms with Crippen molar-refractivity contribution in [1.29, 1.82) is 0 Å². The van der Waals surface area contributed by atoms with Crippen LogP contribution in [0, 0.1) is 5.82 Å². The van der Waals surface area contributed by atoms with Gasteiger partial charge in [-0.15, -0.1) is 0 Å². The Hall–Kier alpha value is -2.48. The highest BCUT2D eigenvalue weighted by molar-refractivity contribution is 6.36. The van der Waals surface area contributed by atoms with Crippen molar-refractivity contribution in [3.63, 3.8) is 0 Å². The second kappa shape index (κ2) is 8.22. The average molecular weight is 459 g/mol. The zero-order chi connectivity index (χ0) is 21.5. The SMILES string of the molecule is CC(c1c(Cl)ccc(F)c1Cl)c1c[nH]c2ncc(-c3cnn(C4CCNCC4)c3)nc12. The second-order valence-electron chi connectivity index (χ2n) is 7.87. The number of halogens is 3. The molecule has 31 heavy (non-hydrogen) atoms. The van der Waals surface area contributed by atoms with Gasteiger partial charge in [-0.2, -0.15) is 5.10 Å². The van der Waals surface area contributed by atoms with Gasteiger partial charge in [0.25, 0.3) is 0 Å². The van der Waals surface area contributed by atoms with Crippen LogP contribution in [-0.4, -0.2) is 37.8 Å². The van der Waals surface area contributed by atoms with Gasteiger partial charge in [-0.25, -0.2) is 14.4 Å². The number of rotatable bonds is 4. The molecule has 1 aliphatic heterocycles. The van der Waals surface area contributed by atoms with E-state index >= 15 is 0 Å². The third kappa shape index (κ3) is 3.71. The molecule has 0 bridgehead atoms. The number of nitrogens with one attached hydrogen (secondary N) is 2. The number of aromatic nitrogens is 5. The van der Waals surface area contributed by atoms with Gasteiger partial charge in [-0.05, 0) is 43.6 Å². The highest BCUT2D eigenvalue weighted by atomic mass is 35.5. The van der Waals surface area contributed by atoms with E-state index in [4.69, 9.17) is 28.2 Å². The molecule has 1 aromatic carbocycles. The Morgan fingerprint density at radius 2 is 2.00 bits per heavy atom. The van der Waals surface area contributed by atoms with Crippen LogP contribution >= 0.6 is 23.2 Å². The summed E-state index contributed by atoms with van der Waals surface area (Å²) in [4.78, 5) is 12.5. The number of hydrogen-bond acceptors (Lipinski definition) is 4. The van der Waals surface area contributed by atoms with E-state index in [0.717, 1.165) is 42.8 Å². The maximum atomic E-state index is 14.1. The normalized spacial score (nSPS) is 16.1. The molecule has 0 spiro atoms. The van der Waals surface area contributed by atoms with E-state index in [1.54, 1.807) is 6.20 Å². The fourth-order valence-corrected chi connectivity index (χ4v) is 4.91. The topological polar surface area (TPSA) is 71.4 Å². The third-order valence-electron chi connectivity index (χ3n) is 5.97. The number of aromatic amines is 1. The Morgan fingerprint density at radius 3 is 2.81 bits per heavy atom. The fourth-order valence-electron chi connectivity index (χ4n) is 4.22. The Labute approximate surface area is 188 Å². The summed E-state index contributed by atoms with van der Waals surface area (Å²) in [6.07, 6.45) is 9.53. The van der Waals surface area contributed by atoms with Crippen LogP contribution in [-0.2, 0) is 0 Å². The molecule has 2 N–H and O–H groups in total. The minimum absolute atomic E-state index is 0.0294. The molecule has 4 heterocycles. The summed E-state index contributed by atoms with van der Waals surface area (Å²) < 4.78 is 16.1. The van der Waals surface area contributed by atoms with Crippen LogP contribution in [0.5, 0.6) is 0 Å². The second-order valence-corrected chi connectivity index (χ2v) is 8.65. The average Bonchev–Trinajstić information content (AvgIpc) is 3.44. The van der Waals surface area contributed by atoms with Gasteiger partial charge >= 0.3 is 0 Å². The van der Waals surface area contributed by atoms with Crippen molar-refractivity contribution >= 4 is 34.4 Å². The van der Waals surface area contributed by atoms with Gasteiger partial charge in [0, 0.05) is 34.5 Å². The van der Waals surface area contributed by atoms with Crippen molar-refractivity contribution in [2.75, 3.05) is 13.1 Å². The van der Waals surface area contributed by atoms with Gasteiger partial charge in [-0.1, -0.05) is 30.1 Å². The van der Waals surface area contributed by atoms with Crippen molar-refractivity contribution in [2.45, 2.75) is 31.7 Å². The Balaban J connectivity index is 1.52. The highest BCUT2D eigenvalue weighted by Gasteiger charge is 2.23. The molecule has 6 nitrogen and oxygen atoms in total. The minimum atomic E-state index is -0.496. The summed E-state index contributed by atoms with van der Waals surface area (Å²) >= 11 is 12.6. The summed E-state index contributed by atoms with van der Waals surface area (Å²) in [7, 11) is 0. The molecule has 5 rings (SSSR count). The van der Waals surface area contributed by atoms with Crippen LogP contribution < -0.4 is 5.32 Å². The van der Waals surface area contributed by atoms with Crippen LogP contribution in [0.2, 0.25) is 10.0 Å². The molecule has 0 radical (unpaired) electrons. The lowest BCUT2D eigenvalue weighted by Gasteiger charge is -2.22. The van der Waals surface area contributed by atoms with Gasteiger partial charge < -0.3 is 10.3 Å². The van der Waals surface area contributed by atoms with Crippen molar-refractivity contribution in [2.24, 2.45) is 0 Å². The molecule has 0 saturated carbocycles. The highest BCUT2D eigenvalue weighted by Crippen LogP contribution is 2.39. The maximum absolute atomic E-state index is 14.1. The molecule has 1 unspecified atom stereocenters. The van der Waals surface area contributed by atoms with Gasteiger partial charge in [0.1, 0.15) is 11.3 Å². The minimum Gasteiger partial charge on any atom is -0.344 e. The molecule has 4 aromatic rings. The third-order valence-corrected chi connectivity index (χ3v) is 6.68. The zero-order valence-corrected chi connectivity index (χ0v) is 18.4. The molecule has 0 aliphatic carbocycles. The maximum Gasteiger partial charge on any atom is 0.156 e. The number of nitrogens with zero attached hydrogens (tertiary/aromatic N) is 4. The predicted molar refractivity (Wildman–Crippen MR) is 120 cm³/mol. The molecule has 3 aromatic heterocycles.